The summed E-state index contributed by atoms with van der Waals surface area (Å²) in [6, 6.07) is 22.5. The second kappa shape index (κ2) is 10.5. The number of carbonyl (C=O) groups is 2. The number of nitro groups is 1. The van der Waals surface area contributed by atoms with Crippen LogP contribution in [0.5, 0.6) is 0 Å². The van der Waals surface area contributed by atoms with Gasteiger partial charge < -0.3 is 5.32 Å². The molecular formula is C27H22N4O4S. The monoisotopic (exact) mass is 498 g/mol. The molecule has 0 bridgehead atoms. The van der Waals surface area contributed by atoms with E-state index in [0.717, 1.165) is 22.9 Å². The second-order valence-electron chi connectivity index (χ2n) is 8.36. The van der Waals surface area contributed by atoms with E-state index in [4.69, 9.17) is 0 Å². The lowest BCUT2D eigenvalue weighted by Gasteiger charge is -2.19. The van der Waals surface area contributed by atoms with Crippen molar-refractivity contribution in [2.75, 3.05) is 10.2 Å². The van der Waals surface area contributed by atoms with Crippen molar-refractivity contribution >= 4 is 40.6 Å². The van der Waals surface area contributed by atoms with Gasteiger partial charge in [-0.1, -0.05) is 59.3 Å². The first-order chi connectivity index (χ1) is 17.3. The number of hydrogen-bond donors (Lipinski definition) is 1. The van der Waals surface area contributed by atoms with Gasteiger partial charge >= 0.3 is 0 Å². The largest absolute Gasteiger partial charge is 0.321 e. The highest BCUT2D eigenvalue weighted by Gasteiger charge is 2.41. The van der Waals surface area contributed by atoms with Gasteiger partial charge in [-0.15, -0.1) is 0 Å². The van der Waals surface area contributed by atoms with Gasteiger partial charge in [0, 0.05) is 23.5 Å². The van der Waals surface area contributed by atoms with Crippen LogP contribution in [-0.4, -0.2) is 22.0 Å². The number of benzene rings is 3. The number of thioether (sulfide) groups is 1. The molecule has 36 heavy (non-hydrogen) atoms. The Morgan fingerprint density at radius 2 is 1.72 bits per heavy atom. The lowest BCUT2D eigenvalue weighted by atomic mass is 10.1. The Balaban J connectivity index is 1.72. The molecule has 2 amide bonds. The first kappa shape index (κ1) is 24.7. The molecule has 1 heterocycles. The van der Waals surface area contributed by atoms with Crippen molar-refractivity contribution in [3.05, 3.63) is 110 Å². The van der Waals surface area contributed by atoms with Crippen LogP contribution in [0.2, 0.25) is 0 Å². The van der Waals surface area contributed by atoms with E-state index in [0.29, 0.717) is 16.9 Å². The standard InChI is InChI=1S/C27H22N4O4S/c1-17-6-10-20(11-7-17)29-25(32)23(16-28)27-30(21-12-8-18(2)9-13-21)26(33)24(36-27)15-19-4-3-5-22(14-19)31(34)35/h3-14,24H,15H2,1-2H3,(H,29,32)/b27-23-/t24-/m1/s1. The van der Waals surface area contributed by atoms with Gasteiger partial charge in [0.1, 0.15) is 16.7 Å². The Morgan fingerprint density at radius 1 is 1.08 bits per heavy atom. The van der Waals surface area contributed by atoms with Crippen LogP contribution in [0.3, 0.4) is 0 Å². The van der Waals surface area contributed by atoms with E-state index in [1.807, 2.05) is 44.2 Å². The molecule has 180 valence electrons. The van der Waals surface area contributed by atoms with Gasteiger partial charge in [0.2, 0.25) is 5.91 Å². The van der Waals surface area contributed by atoms with Gasteiger partial charge in [0.25, 0.3) is 11.6 Å². The first-order valence-electron chi connectivity index (χ1n) is 11.1. The van der Waals surface area contributed by atoms with Gasteiger partial charge in [-0.2, -0.15) is 5.26 Å². The molecule has 0 aromatic heterocycles. The van der Waals surface area contributed by atoms with E-state index in [9.17, 15) is 25.0 Å². The second-order valence-corrected chi connectivity index (χ2v) is 9.55. The lowest BCUT2D eigenvalue weighted by molar-refractivity contribution is -0.384. The number of non-ortho nitro benzene ring substituents is 1. The van der Waals surface area contributed by atoms with Gasteiger partial charge in [0.05, 0.1) is 10.2 Å². The lowest BCUT2D eigenvalue weighted by Crippen LogP contribution is -2.30. The topological polar surface area (TPSA) is 116 Å². The number of rotatable bonds is 6. The van der Waals surface area contributed by atoms with E-state index < -0.39 is 16.1 Å². The van der Waals surface area contributed by atoms with E-state index in [1.54, 1.807) is 36.4 Å². The van der Waals surface area contributed by atoms with Gasteiger partial charge in [0.15, 0.2) is 0 Å². The normalized spacial score (nSPS) is 16.4. The summed E-state index contributed by atoms with van der Waals surface area (Å²) < 4.78 is 0. The number of amides is 2. The minimum absolute atomic E-state index is 0.0655. The Bertz CT molecular complexity index is 1410. The van der Waals surface area contributed by atoms with Gasteiger partial charge in [-0.3, -0.25) is 24.6 Å². The molecule has 1 atom stereocenters. The number of hydrogen-bond acceptors (Lipinski definition) is 6. The predicted molar refractivity (Wildman–Crippen MR) is 139 cm³/mol. The fourth-order valence-corrected chi connectivity index (χ4v) is 5.07. The number of nitrogens with zero attached hydrogens (tertiary/aromatic N) is 3. The Labute approximate surface area is 212 Å². The van der Waals surface area contributed by atoms with E-state index in [1.165, 1.54) is 17.0 Å². The molecule has 0 spiro atoms. The van der Waals surface area contributed by atoms with Crippen molar-refractivity contribution < 1.29 is 14.5 Å². The highest BCUT2D eigenvalue weighted by Crippen LogP contribution is 2.42. The number of anilines is 2. The number of nitro benzene ring substituents is 1. The molecule has 4 rings (SSSR count). The number of nitrogens with one attached hydrogen (secondary N) is 1. The number of aryl methyl sites for hydroxylation is 2. The number of carbonyl (C=O) groups excluding carboxylic acids is 2. The molecule has 1 aliphatic heterocycles. The summed E-state index contributed by atoms with van der Waals surface area (Å²) in [7, 11) is 0. The average molecular weight is 499 g/mol. The molecule has 1 N–H and O–H groups in total. The maximum atomic E-state index is 13.6. The Hall–Kier alpha value is -4.42. The number of nitriles is 1. The minimum Gasteiger partial charge on any atom is -0.321 e. The Morgan fingerprint density at radius 3 is 2.33 bits per heavy atom. The zero-order valence-corrected chi connectivity index (χ0v) is 20.4. The summed E-state index contributed by atoms with van der Waals surface area (Å²) in [5.41, 5.74) is 3.45. The Kier molecular flexibility index (Phi) is 7.17. The summed E-state index contributed by atoms with van der Waals surface area (Å²) in [5, 5.41) is 23.4. The zero-order chi connectivity index (χ0) is 25.8. The molecular weight excluding hydrogens is 476 g/mol. The smallest absolute Gasteiger partial charge is 0.269 e. The fourth-order valence-electron chi connectivity index (χ4n) is 3.76. The fraction of sp³-hybridized carbons (Fsp3) is 0.148. The van der Waals surface area contributed by atoms with Crippen molar-refractivity contribution in [2.45, 2.75) is 25.5 Å². The molecule has 0 aliphatic carbocycles. The molecule has 9 heteroatoms. The van der Waals surface area contributed by atoms with Crippen LogP contribution in [0.15, 0.2) is 83.4 Å². The molecule has 0 saturated carbocycles. The first-order valence-corrected chi connectivity index (χ1v) is 12.0. The molecule has 3 aromatic carbocycles. The van der Waals surface area contributed by atoms with Crippen LogP contribution in [0, 0.1) is 35.3 Å². The van der Waals surface area contributed by atoms with Crippen molar-refractivity contribution in [1.82, 2.24) is 0 Å². The van der Waals surface area contributed by atoms with Crippen LogP contribution < -0.4 is 10.2 Å². The third-order valence-corrected chi connectivity index (χ3v) is 6.91. The third-order valence-electron chi connectivity index (χ3n) is 5.65. The average Bonchev–Trinajstić information content (AvgIpc) is 3.17. The summed E-state index contributed by atoms with van der Waals surface area (Å²) in [6.07, 6.45) is 0.204. The molecule has 0 unspecified atom stereocenters. The highest BCUT2D eigenvalue weighted by molar-refractivity contribution is 8.05. The molecule has 3 aromatic rings. The molecule has 8 nitrogen and oxygen atoms in total. The van der Waals surface area contributed by atoms with Crippen LogP contribution in [0.25, 0.3) is 0 Å². The summed E-state index contributed by atoms with van der Waals surface area (Å²) >= 11 is 1.11. The molecule has 1 fully saturated rings. The van der Waals surface area contributed by atoms with E-state index in [-0.39, 0.29) is 28.6 Å². The van der Waals surface area contributed by atoms with Crippen molar-refractivity contribution in [3.8, 4) is 6.07 Å². The van der Waals surface area contributed by atoms with Crippen molar-refractivity contribution in [2.24, 2.45) is 0 Å². The van der Waals surface area contributed by atoms with Crippen LogP contribution in [0.4, 0.5) is 17.1 Å². The van der Waals surface area contributed by atoms with Crippen LogP contribution in [-0.2, 0) is 16.0 Å². The maximum Gasteiger partial charge on any atom is 0.269 e. The maximum absolute atomic E-state index is 13.6. The summed E-state index contributed by atoms with van der Waals surface area (Å²) in [5.74, 6) is -0.925. The van der Waals surface area contributed by atoms with E-state index in [2.05, 4.69) is 5.32 Å². The molecule has 0 radical (unpaired) electrons. The van der Waals surface area contributed by atoms with Gasteiger partial charge in [-0.05, 0) is 50.1 Å². The van der Waals surface area contributed by atoms with E-state index >= 15 is 0 Å². The summed E-state index contributed by atoms with van der Waals surface area (Å²) in [6.45, 7) is 3.85. The predicted octanol–water partition coefficient (Wildman–Crippen LogP) is 5.28. The SMILES string of the molecule is Cc1ccc(NC(=O)/C(C#N)=C2\S[C@H](Cc3cccc([N+](=O)[O-])c3)C(=O)N2c2ccc(C)cc2)cc1. The van der Waals surface area contributed by atoms with Crippen molar-refractivity contribution in [3.63, 3.8) is 0 Å². The van der Waals surface area contributed by atoms with Crippen molar-refractivity contribution in [1.29, 1.82) is 5.26 Å². The van der Waals surface area contributed by atoms with Crippen LogP contribution >= 0.6 is 11.8 Å². The van der Waals surface area contributed by atoms with Gasteiger partial charge in [-0.25, -0.2) is 0 Å². The summed E-state index contributed by atoms with van der Waals surface area (Å²) in [4.78, 5) is 38.8. The molecule has 1 saturated heterocycles. The third kappa shape index (κ3) is 5.29. The van der Waals surface area contributed by atoms with Crippen LogP contribution in [0.1, 0.15) is 16.7 Å². The quantitative estimate of drug-likeness (QED) is 0.214. The molecule has 1 aliphatic rings. The zero-order valence-electron chi connectivity index (χ0n) is 19.6. The highest BCUT2D eigenvalue weighted by atomic mass is 32.2. The minimum atomic E-state index is -0.668.